The average Bonchev–Trinajstić information content (AvgIpc) is 2.52. The molecular weight excluding hydrogens is 308 g/mol. The zero-order chi connectivity index (χ0) is 17.0. The molecule has 0 saturated carbocycles. The summed E-state index contributed by atoms with van der Waals surface area (Å²) in [5.41, 5.74) is 0.149. The molecule has 0 bridgehead atoms. The van der Waals surface area contributed by atoms with Crippen LogP contribution in [0.25, 0.3) is 0 Å². The normalized spacial score (nSPS) is 12.0. The van der Waals surface area contributed by atoms with Crippen LogP contribution in [-0.2, 0) is 4.79 Å². The Bertz CT molecular complexity index is 731. The van der Waals surface area contributed by atoms with E-state index in [1.807, 2.05) is 0 Å². The lowest BCUT2D eigenvalue weighted by Crippen LogP contribution is -2.08. The van der Waals surface area contributed by atoms with Gasteiger partial charge in [0.05, 0.1) is 12.1 Å². The van der Waals surface area contributed by atoms with E-state index in [4.69, 9.17) is 5.11 Å². The summed E-state index contributed by atoms with van der Waals surface area (Å²) in [5.74, 6) is -3.13. The fourth-order valence-corrected chi connectivity index (χ4v) is 1.98. The van der Waals surface area contributed by atoms with Crippen molar-refractivity contribution in [3.8, 4) is 0 Å². The summed E-state index contributed by atoms with van der Waals surface area (Å²) in [5, 5.41) is 18.6. The van der Waals surface area contributed by atoms with Crippen molar-refractivity contribution < 1.29 is 28.6 Å². The minimum Gasteiger partial charge on any atom is -0.481 e. The summed E-state index contributed by atoms with van der Waals surface area (Å²) in [6.07, 6.45) is -0.668. The Morgan fingerprint density at radius 3 is 2.43 bits per heavy atom. The summed E-state index contributed by atoms with van der Waals surface area (Å²) in [6, 6.07) is 5.50. The minimum absolute atomic E-state index is 0.0882. The Morgan fingerprint density at radius 1 is 1.13 bits per heavy atom. The van der Waals surface area contributed by atoms with Crippen molar-refractivity contribution in [3.63, 3.8) is 0 Å². The molecule has 1 unspecified atom stereocenters. The van der Waals surface area contributed by atoms with Gasteiger partial charge < -0.3 is 10.2 Å². The number of nitrogens with zero attached hydrogens (tertiary/aromatic N) is 1. The standard InChI is InChI=1S/C16H13F2NO4/c17-10-2-3-11(12(18)7-10)16(23)13-4-1-9(8-19-13)14(20)5-6-15(21)22/h1-4,7-8,16,23H,5-6H2,(H,21,22). The maximum atomic E-state index is 13.6. The molecule has 0 aliphatic rings. The molecule has 1 aromatic heterocycles. The quantitative estimate of drug-likeness (QED) is 0.798. The van der Waals surface area contributed by atoms with Crippen LogP contribution in [0.15, 0.2) is 36.5 Å². The van der Waals surface area contributed by atoms with Gasteiger partial charge in [0.2, 0.25) is 0 Å². The predicted molar refractivity (Wildman–Crippen MR) is 75.9 cm³/mol. The third kappa shape index (κ3) is 4.17. The summed E-state index contributed by atoms with van der Waals surface area (Å²) in [4.78, 5) is 26.0. The lowest BCUT2D eigenvalue weighted by Gasteiger charge is -2.12. The van der Waals surface area contributed by atoms with Crippen LogP contribution in [0.4, 0.5) is 8.78 Å². The molecule has 5 nitrogen and oxygen atoms in total. The van der Waals surface area contributed by atoms with Crippen LogP contribution in [0.1, 0.15) is 40.6 Å². The minimum atomic E-state index is -1.40. The molecule has 0 amide bonds. The Labute approximate surface area is 130 Å². The first-order valence-corrected chi connectivity index (χ1v) is 6.72. The molecule has 2 aromatic rings. The Balaban J connectivity index is 2.15. The molecule has 0 aliphatic heterocycles. The molecular formula is C16H13F2NO4. The van der Waals surface area contributed by atoms with E-state index in [0.29, 0.717) is 6.07 Å². The van der Waals surface area contributed by atoms with Gasteiger partial charge in [-0.25, -0.2) is 8.78 Å². The SMILES string of the molecule is O=C(O)CCC(=O)c1ccc(C(O)c2ccc(F)cc2F)nc1. The van der Waals surface area contributed by atoms with E-state index in [-0.39, 0.29) is 29.7 Å². The van der Waals surface area contributed by atoms with Crippen molar-refractivity contribution >= 4 is 11.8 Å². The van der Waals surface area contributed by atoms with Crippen LogP contribution in [0.2, 0.25) is 0 Å². The van der Waals surface area contributed by atoms with Gasteiger partial charge in [-0.05, 0) is 18.2 Å². The van der Waals surface area contributed by atoms with Crippen LogP contribution >= 0.6 is 0 Å². The van der Waals surface area contributed by atoms with Gasteiger partial charge in [0, 0.05) is 29.8 Å². The molecule has 0 saturated heterocycles. The number of carbonyl (C=O) groups excluding carboxylic acids is 1. The zero-order valence-corrected chi connectivity index (χ0v) is 11.9. The largest absolute Gasteiger partial charge is 0.481 e. The molecule has 1 heterocycles. The second-order valence-electron chi connectivity index (χ2n) is 4.86. The third-order valence-corrected chi connectivity index (χ3v) is 3.21. The molecule has 0 aliphatic carbocycles. The summed E-state index contributed by atoms with van der Waals surface area (Å²) < 4.78 is 26.5. The topological polar surface area (TPSA) is 87.5 Å². The van der Waals surface area contributed by atoms with Crippen molar-refractivity contribution in [1.82, 2.24) is 4.98 Å². The molecule has 120 valence electrons. The van der Waals surface area contributed by atoms with Gasteiger partial charge in [0.25, 0.3) is 0 Å². The number of aliphatic hydroxyl groups excluding tert-OH is 1. The van der Waals surface area contributed by atoms with E-state index < -0.39 is 29.5 Å². The van der Waals surface area contributed by atoms with Crippen molar-refractivity contribution in [2.75, 3.05) is 0 Å². The van der Waals surface area contributed by atoms with Gasteiger partial charge in [-0.2, -0.15) is 0 Å². The highest BCUT2D eigenvalue weighted by Crippen LogP contribution is 2.23. The Kier molecular flexibility index (Phi) is 5.13. The fourth-order valence-electron chi connectivity index (χ4n) is 1.98. The number of carboxylic acid groups (broad SMARTS) is 1. The third-order valence-electron chi connectivity index (χ3n) is 3.21. The van der Waals surface area contributed by atoms with E-state index in [9.17, 15) is 23.5 Å². The zero-order valence-electron chi connectivity index (χ0n) is 11.9. The number of aromatic nitrogens is 1. The average molecular weight is 321 g/mol. The van der Waals surface area contributed by atoms with E-state index in [0.717, 1.165) is 12.1 Å². The van der Waals surface area contributed by atoms with Gasteiger partial charge in [-0.1, -0.05) is 6.07 Å². The van der Waals surface area contributed by atoms with Gasteiger partial charge in [-0.15, -0.1) is 0 Å². The van der Waals surface area contributed by atoms with Crippen molar-refractivity contribution in [3.05, 3.63) is 65.0 Å². The molecule has 0 spiro atoms. The number of halogens is 2. The maximum Gasteiger partial charge on any atom is 0.303 e. The molecule has 2 rings (SSSR count). The highest BCUT2D eigenvalue weighted by molar-refractivity contribution is 5.97. The number of hydrogen-bond donors (Lipinski definition) is 2. The molecule has 0 fully saturated rings. The molecule has 23 heavy (non-hydrogen) atoms. The molecule has 0 radical (unpaired) electrons. The number of carboxylic acids is 1. The second kappa shape index (κ2) is 7.06. The first-order chi connectivity index (χ1) is 10.9. The maximum absolute atomic E-state index is 13.6. The van der Waals surface area contributed by atoms with E-state index in [2.05, 4.69) is 4.98 Å². The van der Waals surface area contributed by atoms with Crippen molar-refractivity contribution in [2.45, 2.75) is 18.9 Å². The first kappa shape index (κ1) is 16.7. The summed E-state index contributed by atoms with van der Waals surface area (Å²) in [7, 11) is 0. The molecule has 7 heteroatoms. The van der Waals surface area contributed by atoms with Gasteiger partial charge in [-0.3, -0.25) is 14.6 Å². The number of Topliss-reactive ketones (excluding diaryl/α,β-unsaturated/α-hetero) is 1. The van der Waals surface area contributed by atoms with Crippen molar-refractivity contribution in [2.24, 2.45) is 0 Å². The fraction of sp³-hybridized carbons (Fsp3) is 0.188. The monoisotopic (exact) mass is 321 g/mol. The Morgan fingerprint density at radius 2 is 1.87 bits per heavy atom. The van der Waals surface area contributed by atoms with Crippen LogP contribution in [0.5, 0.6) is 0 Å². The number of rotatable bonds is 6. The van der Waals surface area contributed by atoms with Gasteiger partial charge >= 0.3 is 5.97 Å². The lowest BCUT2D eigenvalue weighted by atomic mass is 10.0. The number of aliphatic hydroxyl groups is 1. The van der Waals surface area contributed by atoms with E-state index >= 15 is 0 Å². The molecule has 1 atom stereocenters. The highest BCUT2D eigenvalue weighted by Gasteiger charge is 2.17. The van der Waals surface area contributed by atoms with Crippen molar-refractivity contribution in [1.29, 1.82) is 0 Å². The number of carbonyl (C=O) groups is 2. The highest BCUT2D eigenvalue weighted by atomic mass is 19.1. The van der Waals surface area contributed by atoms with Gasteiger partial charge in [0.15, 0.2) is 5.78 Å². The van der Waals surface area contributed by atoms with Crippen LogP contribution < -0.4 is 0 Å². The number of benzene rings is 1. The Hall–Kier alpha value is -2.67. The summed E-state index contributed by atoms with van der Waals surface area (Å²) >= 11 is 0. The van der Waals surface area contributed by atoms with Crippen LogP contribution in [0.3, 0.4) is 0 Å². The molecule has 2 N–H and O–H groups in total. The summed E-state index contributed by atoms with van der Waals surface area (Å²) in [6.45, 7) is 0. The number of pyridine rings is 1. The number of aliphatic carboxylic acids is 1. The van der Waals surface area contributed by atoms with E-state index in [1.54, 1.807) is 0 Å². The van der Waals surface area contributed by atoms with Gasteiger partial charge in [0.1, 0.15) is 17.7 Å². The molecule has 1 aromatic carbocycles. The smallest absolute Gasteiger partial charge is 0.303 e. The predicted octanol–water partition coefficient (Wildman–Crippen LogP) is 2.49. The van der Waals surface area contributed by atoms with E-state index in [1.165, 1.54) is 18.3 Å². The number of hydrogen-bond acceptors (Lipinski definition) is 4. The van der Waals surface area contributed by atoms with Crippen LogP contribution in [-0.4, -0.2) is 26.9 Å². The number of ketones is 1. The lowest BCUT2D eigenvalue weighted by molar-refractivity contribution is -0.136. The first-order valence-electron chi connectivity index (χ1n) is 6.72. The van der Waals surface area contributed by atoms with Crippen LogP contribution in [0, 0.1) is 11.6 Å². The second-order valence-corrected chi connectivity index (χ2v) is 4.86.